The van der Waals surface area contributed by atoms with Crippen molar-refractivity contribution in [3.63, 3.8) is 0 Å². The van der Waals surface area contributed by atoms with Crippen molar-refractivity contribution in [2.45, 2.75) is 66.5 Å². The van der Waals surface area contributed by atoms with Gasteiger partial charge in [0.15, 0.2) is 0 Å². The molecule has 21 heteroatoms. The molecule has 0 N–H and O–H groups in total. The zero-order valence-electron chi connectivity index (χ0n) is 17.4. The molecule has 0 aromatic heterocycles. The first-order valence-corrected chi connectivity index (χ1v) is 10.3. The zero-order valence-corrected chi connectivity index (χ0v) is 18.4. The van der Waals surface area contributed by atoms with Gasteiger partial charge in [-0.2, -0.15) is 74.6 Å². The molecule has 0 aliphatic carbocycles. The quantitative estimate of drug-likeness (QED) is 0.191. The average molecular weight is 582 g/mol. The normalized spacial score (nSPS) is 17.1. The average Bonchev–Trinajstić information content (AvgIpc) is 2.70. The van der Waals surface area contributed by atoms with Crippen molar-refractivity contribution in [2.24, 2.45) is 0 Å². The van der Waals surface area contributed by atoms with Crippen LogP contribution in [0.5, 0.6) is 0 Å². The van der Waals surface area contributed by atoms with Gasteiger partial charge in [-0.15, -0.1) is 0 Å². The van der Waals surface area contributed by atoms with Crippen LogP contribution in [0.1, 0.15) is 13.3 Å². The molecular formula is C14H15F17O3Si. The van der Waals surface area contributed by atoms with E-state index in [1.54, 1.807) is 0 Å². The summed E-state index contributed by atoms with van der Waals surface area (Å²) in [6.45, 7) is 0.510. The number of hydrogen-bond donors (Lipinski definition) is 0. The molecule has 212 valence electrons. The maximum Gasteiger partial charge on any atom is 0.509 e. The highest BCUT2D eigenvalue weighted by atomic mass is 28.4. The number of hydrogen-bond acceptors (Lipinski definition) is 3. The first-order chi connectivity index (χ1) is 15.1. The molecule has 0 fully saturated rings. The molecular weight excluding hydrogens is 567 g/mol. The van der Waals surface area contributed by atoms with Crippen LogP contribution in [0.3, 0.4) is 0 Å². The minimum absolute atomic E-state index is 0.427. The summed E-state index contributed by atoms with van der Waals surface area (Å²) in [5.41, 5.74) is -3.49. The van der Waals surface area contributed by atoms with Crippen LogP contribution in [0, 0.1) is 0 Å². The highest BCUT2D eigenvalue weighted by molar-refractivity contribution is 6.62. The van der Waals surface area contributed by atoms with Crippen LogP contribution >= 0.6 is 0 Å². The number of halogens is 17. The highest BCUT2D eigenvalue weighted by Gasteiger charge is 2.95. The largest absolute Gasteiger partial charge is 0.509 e. The van der Waals surface area contributed by atoms with Crippen molar-refractivity contribution in [3.8, 4) is 0 Å². The van der Waals surface area contributed by atoms with Crippen LogP contribution in [-0.4, -0.2) is 77.8 Å². The summed E-state index contributed by atoms with van der Waals surface area (Å²) < 4.78 is 241. The maximum atomic E-state index is 14.5. The molecule has 0 aliphatic rings. The minimum Gasteiger partial charge on any atom is -0.377 e. The summed E-state index contributed by atoms with van der Waals surface area (Å²) >= 11 is 0. The molecule has 0 bridgehead atoms. The van der Waals surface area contributed by atoms with Crippen molar-refractivity contribution in [2.75, 3.05) is 21.3 Å². The molecule has 0 radical (unpaired) electrons. The lowest BCUT2D eigenvalue weighted by molar-refractivity contribution is -0.462. The molecule has 35 heavy (non-hydrogen) atoms. The van der Waals surface area contributed by atoms with E-state index in [9.17, 15) is 74.6 Å². The van der Waals surface area contributed by atoms with Gasteiger partial charge in [0.25, 0.3) is 0 Å². The second kappa shape index (κ2) is 9.33. The maximum absolute atomic E-state index is 14.5. The molecule has 1 atom stereocenters. The van der Waals surface area contributed by atoms with Gasteiger partial charge in [-0.3, -0.25) is 0 Å². The Morgan fingerprint density at radius 2 is 0.743 bits per heavy atom. The second-order valence-electron chi connectivity index (χ2n) is 6.74. The Balaban J connectivity index is 7.07. The first kappa shape index (κ1) is 33.9. The Morgan fingerprint density at radius 1 is 0.486 bits per heavy atom. The Hall–Kier alpha value is -1.09. The summed E-state index contributed by atoms with van der Waals surface area (Å²) in [5, 5.41) is 0. The third-order valence-corrected chi connectivity index (χ3v) is 8.20. The van der Waals surface area contributed by atoms with E-state index < -0.39 is 68.4 Å². The molecule has 0 heterocycles. The van der Waals surface area contributed by atoms with Crippen LogP contribution in [0.25, 0.3) is 0 Å². The predicted octanol–water partition coefficient (Wildman–Crippen LogP) is 6.65. The van der Waals surface area contributed by atoms with Gasteiger partial charge in [-0.1, -0.05) is 6.92 Å². The van der Waals surface area contributed by atoms with Crippen molar-refractivity contribution < 1.29 is 87.9 Å². The third-order valence-electron chi connectivity index (χ3n) is 4.87. The van der Waals surface area contributed by atoms with Crippen LogP contribution in [0.4, 0.5) is 74.6 Å². The standard InChI is InChI=1S/C14H15F17O3Si/c1-5-6(35(32-2,33-3)34-4)7(15,16)8(17,18)9(19,20)10(21,22)11(23,24)12(25,26)13(27,28)14(29,30)31/h6H,5H2,1-4H3. The Labute approximate surface area is 185 Å². The fraction of sp³-hybridized carbons (Fsp3) is 1.00. The Morgan fingerprint density at radius 3 is 0.971 bits per heavy atom. The second-order valence-corrected chi connectivity index (χ2v) is 9.87. The molecule has 0 spiro atoms. The van der Waals surface area contributed by atoms with E-state index in [1.165, 1.54) is 0 Å². The molecule has 0 rings (SSSR count). The SMILES string of the molecule is CCC(C(F)(F)C(F)(F)C(F)(F)C(F)(F)C(F)(F)C(F)(F)C(F)(F)C(F)(F)F)[Si](OC)(OC)OC. The van der Waals surface area contributed by atoms with Crippen molar-refractivity contribution >= 4 is 8.80 Å². The monoisotopic (exact) mass is 582 g/mol. The summed E-state index contributed by atoms with van der Waals surface area (Å²) in [7, 11) is -4.00. The van der Waals surface area contributed by atoms with Gasteiger partial charge in [-0.05, 0) is 6.42 Å². The smallest absolute Gasteiger partial charge is 0.377 e. The lowest BCUT2D eigenvalue weighted by atomic mass is 9.88. The van der Waals surface area contributed by atoms with Gasteiger partial charge in [0.05, 0.1) is 5.54 Å². The van der Waals surface area contributed by atoms with E-state index in [2.05, 4.69) is 13.3 Å². The van der Waals surface area contributed by atoms with E-state index in [4.69, 9.17) is 0 Å². The highest BCUT2D eigenvalue weighted by Crippen LogP contribution is 2.65. The van der Waals surface area contributed by atoms with E-state index in [0.717, 1.165) is 0 Å². The lowest BCUT2D eigenvalue weighted by Crippen LogP contribution is -2.75. The van der Waals surface area contributed by atoms with Gasteiger partial charge < -0.3 is 13.3 Å². The third kappa shape index (κ3) is 4.36. The van der Waals surface area contributed by atoms with Crippen molar-refractivity contribution in [1.29, 1.82) is 0 Å². The molecule has 3 nitrogen and oxygen atoms in total. The van der Waals surface area contributed by atoms with Gasteiger partial charge in [0.2, 0.25) is 0 Å². The Kier molecular flexibility index (Phi) is 9.04. The molecule has 0 amide bonds. The molecule has 0 aliphatic heterocycles. The van der Waals surface area contributed by atoms with E-state index in [1.807, 2.05) is 0 Å². The van der Waals surface area contributed by atoms with Crippen LogP contribution in [0.2, 0.25) is 5.54 Å². The van der Waals surface area contributed by atoms with Gasteiger partial charge >= 0.3 is 56.4 Å². The van der Waals surface area contributed by atoms with E-state index >= 15 is 0 Å². The first-order valence-electron chi connectivity index (χ1n) is 8.49. The van der Waals surface area contributed by atoms with E-state index in [0.29, 0.717) is 28.3 Å². The molecule has 0 saturated carbocycles. The lowest BCUT2D eigenvalue weighted by Gasteiger charge is -2.45. The molecule has 0 saturated heterocycles. The summed E-state index contributed by atoms with van der Waals surface area (Å²) in [5.74, 6) is -56.9. The molecule has 0 aromatic rings. The number of alkyl halides is 17. The van der Waals surface area contributed by atoms with Crippen LogP contribution < -0.4 is 0 Å². The molecule has 0 aromatic carbocycles. The zero-order chi connectivity index (χ0) is 28.9. The summed E-state index contributed by atoms with van der Waals surface area (Å²) in [6.07, 6.45) is -9.27. The molecule has 1 unspecified atom stereocenters. The van der Waals surface area contributed by atoms with Crippen molar-refractivity contribution in [3.05, 3.63) is 0 Å². The fourth-order valence-electron chi connectivity index (χ4n) is 2.80. The van der Waals surface area contributed by atoms with Crippen LogP contribution in [0.15, 0.2) is 0 Å². The summed E-state index contributed by atoms with van der Waals surface area (Å²) in [4.78, 5) is 0. The predicted molar refractivity (Wildman–Crippen MR) is 81.5 cm³/mol. The topological polar surface area (TPSA) is 27.7 Å². The number of rotatable bonds is 12. The van der Waals surface area contributed by atoms with Gasteiger partial charge in [-0.25, -0.2) is 0 Å². The fourth-order valence-corrected chi connectivity index (χ4v) is 5.28. The van der Waals surface area contributed by atoms with Gasteiger partial charge in [0, 0.05) is 21.3 Å². The van der Waals surface area contributed by atoms with Crippen molar-refractivity contribution in [1.82, 2.24) is 0 Å². The van der Waals surface area contributed by atoms with Gasteiger partial charge in [0.1, 0.15) is 0 Å². The minimum atomic E-state index is -8.68. The Bertz CT molecular complexity index is 724. The van der Waals surface area contributed by atoms with E-state index in [-0.39, 0.29) is 0 Å². The van der Waals surface area contributed by atoms with Crippen LogP contribution in [-0.2, 0) is 13.3 Å². The summed E-state index contributed by atoms with van der Waals surface area (Å²) in [6, 6.07) is 0.